The molecule has 0 saturated heterocycles. The van der Waals surface area contributed by atoms with E-state index in [2.05, 4.69) is 19.5 Å². The van der Waals surface area contributed by atoms with Crippen LogP contribution in [0, 0.1) is 0 Å². The number of phosphoric ester groups is 1. The molecule has 0 fully saturated rings. The van der Waals surface area contributed by atoms with Crippen LogP contribution in [0.15, 0.2) is 11.1 Å². The van der Waals surface area contributed by atoms with E-state index in [0.717, 1.165) is 10.9 Å². The third-order valence-electron chi connectivity index (χ3n) is 1.85. The molecule has 0 aliphatic rings. The molecule has 2 aromatic rings. The van der Waals surface area contributed by atoms with Crippen LogP contribution in [0.3, 0.4) is 0 Å². The lowest BCUT2D eigenvalue weighted by molar-refractivity contribution is -0.222. The highest BCUT2D eigenvalue weighted by molar-refractivity contribution is 7.44. The number of nitrogens with zero attached hydrogens (tertiary/aromatic N) is 3. The molecule has 11 heteroatoms. The van der Waals surface area contributed by atoms with Gasteiger partial charge in [-0.1, -0.05) is 0 Å². The van der Waals surface area contributed by atoms with Gasteiger partial charge in [-0.25, -0.2) is 4.98 Å². The van der Waals surface area contributed by atoms with Crippen molar-refractivity contribution in [3.63, 3.8) is 0 Å². The first-order valence-corrected chi connectivity index (χ1v) is 5.75. The first kappa shape index (κ1) is 11.7. The van der Waals surface area contributed by atoms with Crippen molar-refractivity contribution in [1.29, 1.82) is 0 Å². The van der Waals surface area contributed by atoms with Crippen molar-refractivity contribution >= 4 is 24.9 Å². The molecule has 0 bridgehead atoms. The Morgan fingerprint density at radius 1 is 1.71 bits per heavy atom. The highest BCUT2D eigenvalue weighted by Gasteiger charge is 2.10. The Bertz CT molecular complexity index is 656. The first-order valence-electron chi connectivity index (χ1n) is 4.26. The maximum atomic E-state index is 11.4. The van der Waals surface area contributed by atoms with Crippen LogP contribution in [0.4, 0.5) is 5.95 Å². The number of fused-ring (bicyclic) bond motifs is 1. The zero-order chi connectivity index (χ0) is 12.6. The van der Waals surface area contributed by atoms with Crippen LogP contribution in [-0.2, 0) is 15.8 Å². The molecule has 17 heavy (non-hydrogen) atoms. The number of nitrogens with two attached hydrogens (primary N) is 1. The highest BCUT2D eigenvalue weighted by atomic mass is 31.2. The van der Waals surface area contributed by atoms with Crippen molar-refractivity contribution in [3.8, 4) is 0 Å². The Morgan fingerprint density at radius 3 is 3.06 bits per heavy atom. The number of hydrogen-bond donors (Lipinski definition) is 3. The average Bonchev–Trinajstić information content (AvgIpc) is 2.57. The average molecular weight is 260 g/mol. The van der Waals surface area contributed by atoms with Gasteiger partial charge in [-0.05, 0) is 0 Å². The van der Waals surface area contributed by atoms with Crippen LogP contribution < -0.4 is 16.2 Å². The van der Waals surface area contributed by atoms with Crippen molar-refractivity contribution in [2.45, 2.75) is 6.73 Å². The number of anilines is 1. The fourth-order valence-corrected chi connectivity index (χ4v) is 1.47. The summed E-state index contributed by atoms with van der Waals surface area (Å²) in [7, 11) is -4.85. The Morgan fingerprint density at radius 2 is 2.41 bits per heavy atom. The number of imidazole rings is 1. The summed E-state index contributed by atoms with van der Waals surface area (Å²) in [5.74, 6) is -0.140. The molecule has 1 unspecified atom stereocenters. The Kier molecular flexibility index (Phi) is 2.71. The van der Waals surface area contributed by atoms with Gasteiger partial charge in [0, 0.05) is 0 Å². The quantitative estimate of drug-likeness (QED) is 0.541. The molecule has 4 N–H and O–H groups in total. The van der Waals surface area contributed by atoms with E-state index >= 15 is 0 Å². The number of hydrogen-bond acceptors (Lipinski definition) is 7. The van der Waals surface area contributed by atoms with E-state index in [9.17, 15) is 14.3 Å². The van der Waals surface area contributed by atoms with Crippen molar-refractivity contribution in [1.82, 2.24) is 19.5 Å². The van der Waals surface area contributed by atoms with Crippen LogP contribution >= 0.6 is 7.82 Å². The lowest BCUT2D eigenvalue weighted by Gasteiger charge is -2.15. The molecule has 1 atom stereocenters. The van der Waals surface area contributed by atoms with Crippen LogP contribution in [0.25, 0.3) is 11.2 Å². The fraction of sp³-hybridized carbons (Fsp3) is 0.167. The summed E-state index contributed by atoms with van der Waals surface area (Å²) in [6.07, 6.45) is 1.14. The standard InChI is InChI=1S/C6H8N5O5P/c7-6-9-4-3(5(12)10-6)8-1-11(4)2-16-17(13,14)15/h1H,2H2,(H2,13,14,15)(H3,7,9,10,12)/p-1. The zero-order valence-electron chi connectivity index (χ0n) is 8.23. The smallest absolute Gasteiger partial charge is 0.280 e. The molecule has 0 aliphatic heterocycles. The van der Waals surface area contributed by atoms with Crippen LogP contribution in [0.1, 0.15) is 0 Å². The number of rotatable bonds is 3. The predicted molar refractivity (Wildman–Crippen MR) is 53.5 cm³/mol. The summed E-state index contributed by atoms with van der Waals surface area (Å²) in [5.41, 5.74) is 4.81. The van der Waals surface area contributed by atoms with Gasteiger partial charge < -0.3 is 15.5 Å². The monoisotopic (exact) mass is 260 g/mol. The molecule has 10 nitrogen and oxygen atoms in total. The van der Waals surface area contributed by atoms with Gasteiger partial charge in [-0.3, -0.25) is 23.4 Å². The Balaban J connectivity index is 2.43. The van der Waals surface area contributed by atoms with Crippen molar-refractivity contribution in [2.24, 2.45) is 0 Å². The first-order chi connectivity index (χ1) is 7.87. The number of phosphoric acid groups is 1. The van der Waals surface area contributed by atoms with Crippen molar-refractivity contribution in [2.75, 3.05) is 5.73 Å². The van der Waals surface area contributed by atoms with Crippen molar-refractivity contribution < 1.29 is 18.9 Å². The molecular weight excluding hydrogens is 253 g/mol. The Hall–Kier alpha value is -1.74. The van der Waals surface area contributed by atoms with Gasteiger partial charge in [-0.2, -0.15) is 4.98 Å². The second-order valence-electron chi connectivity index (χ2n) is 3.06. The van der Waals surface area contributed by atoms with E-state index in [1.807, 2.05) is 0 Å². The van der Waals surface area contributed by atoms with E-state index in [-0.39, 0.29) is 17.1 Å². The molecule has 2 rings (SSSR count). The van der Waals surface area contributed by atoms with E-state index < -0.39 is 20.1 Å². The summed E-state index contributed by atoms with van der Waals surface area (Å²) in [5, 5.41) is 0. The van der Waals surface area contributed by atoms with Gasteiger partial charge in [0.1, 0.15) is 6.73 Å². The summed E-state index contributed by atoms with van der Waals surface area (Å²) in [6.45, 7) is -0.552. The van der Waals surface area contributed by atoms with E-state index in [1.54, 1.807) is 0 Å². The van der Waals surface area contributed by atoms with Crippen LogP contribution in [-0.4, -0.2) is 24.4 Å². The molecular formula is C6H7N5O5P-. The van der Waals surface area contributed by atoms with Gasteiger partial charge in [-0.15, -0.1) is 0 Å². The molecule has 2 heterocycles. The van der Waals surface area contributed by atoms with E-state index in [0.29, 0.717) is 0 Å². The minimum absolute atomic E-state index is 0.0125. The maximum absolute atomic E-state index is 11.4. The lowest BCUT2D eigenvalue weighted by atomic mass is 10.5. The van der Waals surface area contributed by atoms with E-state index in [1.165, 1.54) is 0 Å². The SMILES string of the molecule is Nc1nc2c(ncn2COP(=O)([O-])O)c(=O)[nH]1. The number of aromatic amines is 1. The van der Waals surface area contributed by atoms with Gasteiger partial charge in [0.2, 0.25) is 5.95 Å². The normalized spacial score (nSPS) is 14.9. The predicted octanol–water partition coefficient (Wildman–Crippen LogP) is -1.86. The maximum Gasteiger partial charge on any atom is 0.280 e. The van der Waals surface area contributed by atoms with Crippen molar-refractivity contribution in [3.05, 3.63) is 16.7 Å². The van der Waals surface area contributed by atoms with Crippen LogP contribution in [0.5, 0.6) is 0 Å². The van der Waals surface area contributed by atoms with Gasteiger partial charge >= 0.3 is 0 Å². The van der Waals surface area contributed by atoms with E-state index in [4.69, 9.17) is 10.6 Å². The molecule has 92 valence electrons. The molecule has 0 spiro atoms. The summed E-state index contributed by atoms with van der Waals surface area (Å²) >= 11 is 0. The minimum Gasteiger partial charge on any atom is -0.756 e. The molecule has 0 aliphatic carbocycles. The largest absolute Gasteiger partial charge is 0.756 e. The molecule has 0 saturated carbocycles. The number of nitrogens with one attached hydrogen (secondary N) is 1. The van der Waals surface area contributed by atoms with Gasteiger partial charge in [0.25, 0.3) is 13.4 Å². The topological polar surface area (TPSA) is 159 Å². The second kappa shape index (κ2) is 3.93. The molecule has 2 aromatic heterocycles. The number of aromatic nitrogens is 4. The summed E-state index contributed by atoms with van der Waals surface area (Å²) < 4.78 is 15.7. The van der Waals surface area contributed by atoms with Gasteiger partial charge in [0.15, 0.2) is 11.2 Å². The number of H-pyrrole nitrogens is 1. The molecule has 0 radical (unpaired) electrons. The van der Waals surface area contributed by atoms with Crippen LogP contribution in [0.2, 0.25) is 0 Å². The third-order valence-corrected chi connectivity index (χ3v) is 2.29. The Labute approximate surface area is 93.3 Å². The summed E-state index contributed by atoms with van der Waals surface area (Å²) in [4.78, 5) is 39.9. The molecule has 0 aromatic carbocycles. The highest BCUT2D eigenvalue weighted by Crippen LogP contribution is 2.30. The zero-order valence-corrected chi connectivity index (χ0v) is 9.13. The minimum atomic E-state index is -4.85. The fourth-order valence-electron chi connectivity index (χ4n) is 1.20. The summed E-state index contributed by atoms with van der Waals surface area (Å²) in [6, 6.07) is 0. The molecule has 0 amide bonds. The lowest BCUT2D eigenvalue weighted by Crippen LogP contribution is -2.13. The second-order valence-corrected chi connectivity index (χ2v) is 4.26. The third kappa shape index (κ3) is 2.50. The van der Waals surface area contributed by atoms with Gasteiger partial charge in [0.05, 0.1) is 6.33 Å². The number of nitrogen functional groups attached to an aromatic ring is 1.